The first-order chi connectivity index (χ1) is 14.4. The lowest BCUT2D eigenvalue weighted by Gasteiger charge is -2.14. The number of nitrogens with one attached hydrogen (secondary N) is 1. The Kier molecular flexibility index (Phi) is 5.29. The van der Waals surface area contributed by atoms with Crippen molar-refractivity contribution in [3.05, 3.63) is 100 Å². The largest absolute Gasteiger partial charge is 0.350 e. The molecule has 0 aliphatic carbocycles. The minimum absolute atomic E-state index is 0.0292. The average Bonchev–Trinajstić information content (AvgIpc) is 2.96. The van der Waals surface area contributed by atoms with E-state index in [-0.39, 0.29) is 23.5 Å². The van der Waals surface area contributed by atoms with Gasteiger partial charge in [0.25, 0.3) is 11.8 Å². The molecule has 2 amide bonds. The monoisotopic (exact) mass is 425 g/mol. The molecule has 1 aromatic heterocycles. The van der Waals surface area contributed by atoms with Gasteiger partial charge in [-0.15, -0.1) is 0 Å². The summed E-state index contributed by atoms with van der Waals surface area (Å²) in [4.78, 5) is 31.4. The molecule has 1 N–H and O–H groups in total. The Balaban J connectivity index is 1.75. The molecule has 1 aliphatic heterocycles. The molecule has 0 radical (unpaired) electrons. The molecule has 0 atom stereocenters. The molecular formula is C22H14ClF2N3O2. The fourth-order valence-corrected chi connectivity index (χ4v) is 3.22. The molecule has 0 unspecified atom stereocenters. The highest BCUT2D eigenvalue weighted by Crippen LogP contribution is 2.32. The van der Waals surface area contributed by atoms with E-state index >= 15 is 0 Å². The number of imide groups is 1. The first-order valence-corrected chi connectivity index (χ1v) is 9.30. The number of anilines is 1. The lowest BCUT2D eigenvalue weighted by molar-refractivity contribution is -0.137. The molecule has 1 aliphatic rings. The minimum Gasteiger partial charge on any atom is -0.350 e. The maximum Gasteiger partial charge on any atom is 0.278 e. The molecule has 0 fully saturated rings. The number of pyridine rings is 1. The Morgan fingerprint density at radius 1 is 0.933 bits per heavy atom. The Morgan fingerprint density at radius 3 is 2.37 bits per heavy atom. The van der Waals surface area contributed by atoms with E-state index in [1.165, 1.54) is 6.07 Å². The summed E-state index contributed by atoms with van der Waals surface area (Å²) in [5.41, 5.74) is 1.20. The summed E-state index contributed by atoms with van der Waals surface area (Å²) < 4.78 is 26.9. The number of rotatable bonds is 5. The van der Waals surface area contributed by atoms with Crippen LogP contribution in [-0.4, -0.2) is 21.7 Å². The number of hydrogen-bond acceptors (Lipinski definition) is 4. The smallest absolute Gasteiger partial charge is 0.278 e. The lowest BCUT2D eigenvalue weighted by Crippen LogP contribution is -2.32. The fraction of sp³-hybridized carbons (Fsp3) is 0.0455. The third-order valence-corrected chi connectivity index (χ3v) is 4.79. The minimum atomic E-state index is -1.07. The van der Waals surface area contributed by atoms with Gasteiger partial charge in [0, 0.05) is 23.0 Å². The van der Waals surface area contributed by atoms with Crippen LogP contribution >= 0.6 is 11.6 Å². The predicted molar refractivity (Wildman–Crippen MR) is 108 cm³/mol. The molecule has 0 saturated heterocycles. The zero-order valence-electron chi connectivity index (χ0n) is 15.4. The molecule has 2 aromatic carbocycles. The van der Waals surface area contributed by atoms with Crippen LogP contribution in [0.15, 0.2) is 72.6 Å². The summed E-state index contributed by atoms with van der Waals surface area (Å²) in [6.45, 7) is -0.0292. The van der Waals surface area contributed by atoms with Crippen LogP contribution in [-0.2, 0) is 16.1 Å². The van der Waals surface area contributed by atoms with Crippen LogP contribution in [0.25, 0.3) is 5.57 Å². The molecular weight excluding hydrogens is 412 g/mol. The van der Waals surface area contributed by atoms with Crippen LogP contribution < -0.4 is 5.32 Å². The Bertz CT molecular complexity index is 1160. The van der Waals surface area contributed by atoms with Crippen molar-refractivity contribution >= 4 is 34.7 Å². The summed E-state index contributed by atoms with van der Waals surface area (Å²) in [6.07, 6.45) is 1.56. The number of aromatic nitrogens is 1. The molecule has 0 saturated carbocycles. The standard InChI is InChI=1S/C22H14ClF2N3O2/c23-14-6-4-13(5-7-14)19-20(27-15-8-9-17(24)18(25)11-15)22(30)28(21(19)29)12-16-3-1-2-10-26-16/h1-11,27H,12H2. The maximum absolute atomic E-state index is 13.6. The van der Waals surface area contributed by atoms with E-state index in [0.29, 0.717) is 16.3 Å². The highest BCUT2D eigenvalue weighted by Gasteiger charge is 2.39. The highest BCUT2D eigenvalue weighted by atomic mass is 35.5. The maximum atomic E-state index is 13.6. The van der Waals surface area contributed by atoms with Crippen molar-refractivity contribution in [3.63, 3.8) is 0 Å². The van der Waals surface area contributed by atoms with Crippen molar-refractivity contribution in [1.29, 1.82) is 0 Å². The van der Waals surface area contributed by atoms with E-state index < -0.39 is 23.4 Å². The normalized spacial score (nSPS) is 13.9. The fourth-order valence-electron chi connectivity index (χ4n) is 3.09. The van der Waals surface area contributed by atoms with Gasteiger partial charge in [-0.3, -0.25) is 19.5 Å². The zero-order valence-corrected chi connectivity index (χ0v) is 16.2. The van der Waals surface area contributed by atoms with Gasteiger partial charge in [-0.25, -0.2) is 8.78 Å². The lowest BCUT2D eigenvalue weighted by atomic mass is 10.0. The number of nitrogens with zero attached hydrogens (tertiary/aromatic N) is 2. The van der Waals surface area contributed by atoms with Gasteiger partial charge in [-0.2, -0.15) is 0 Å². The van der Waals surface area contributed by atoms with Crippen molar-refractivity contribution in [2.75, 3.05) is 5.32 Å². The second-order valence-corrected chi connectivity index (χ2v) is 6.96. The van der Waals surface area contributed by atoms with E-state index in [9.17, 15) is 18.4 Å². The van der Waals surface area contributed by atoms with Gasteiger partial charge in [0.2, 0.25) is 0 Å². The first kappa shape index (κ1) is 19.7. The molecule has 4 rings (SSSR count). The molecule has 30 heavy (non-hydrogen) atoms. The van der Waals surface area contributed by atoms with Gasteiger partial charge in [-0.1, -0.05) is 29.8 Å². The molecule has 5 nitrogen and oxygen atoms in total. The SMILES string of the molecule is O=C1C(Nc2ccc(F)c(F)c2)=C(c2ccc(Cl)cc2)C(=O)N1Cc1ccccn1. The zero-order chi connectivity index (χ0) is 21.3. The van der Waals surface area contributed by atoms with Crippen molar-refractivity contribution in [2.24, 2.45) is 0 Å². The second-order valence-electron chi connectivity index (χ2n) is 6.53. The Hall–Kier alpha value is -3.58. The summed E-state index contributed by atoms with van der Waals surface area (Å²) in [7, 11) is 0. The average molecular weight is 426 g/mol. The van der Waals surface area contributed by atoms with Crippen molar-refractivity contribution < 1.29 is 18.4 Å². The number of carbonyl (C=O) groups excluding carboxylic acids is 2. The third kappa shape index (κ3) is 3.79. The third-order valence-electron chi connectivity index (χ3n) is 4.54. The Morgan fingerprint density at radius 2 is 1.70 bits per heavy atom. The summed E-state index contributed by atoms with van der Waals surface area (Å²) in [5.74, 6) is -3.22. The van der Waals surface area contributed by atoms with E-state index in [4.69, 9.17) is 11.6 Å². The Labute approximate surface area is 175 Å². The predicted octanol–water partition coefficient (Wildman–Crippen LogP) is 4.41. The molecule has 3 aromatic rings. The molecule has 150 valence electrons. The van der Waals surface area contributed by atoms with Gasteiger partial charge < -0.3 is 5.32 Å². The second kappa shape index (κ2) is 8.04. The molecule has 2 heterocycles. The van der Waals surface area contributed by atoms with Crippen LogP contribution in [0.4, 0.5) is 14.5 Å². The molecule has 0 bridgehead atoms. The van der Waals surface area contributed by atoms with Crippen LogP contribution in [0.3, 0.4) is 0 Å². The number of hydrogen-bond donors (Lipinski definition) is 1. The van der Waals surface area contributed by atoms with Crippen molar-refractivity contribution in [1.82, 2.24) is 9.88 Å². The van der Waals surface area contributed by atoms with E-state index in [2.05, 4.69) is 10.3 Å². The molecule has 0 spiro atoms. The van der Waals surface area contributed by atoms with Gasteiger partial charge in [0.15, 0.2) is 11.6 Å². The topological polar surface area (TPSA) is 62.3 Å². The number of amides is 2. The summed E-state index contributed by atoms with van der Waals surface area (Å²) >= 11 is 5.94. The number of carbonyl (C=O) groups is 2. The van der Waals surface area contributed by atoms with Crippen molar-refractivity contribution in [2.45, 2.75) is 6.54 Å². The van der Waals surface area contributed by atoms with Crippen LogP contribution in [0.1, 0.15) is 11.3 Å². The van der Waals surface area contributed by atoms with Crippen molar-refractivity contribution in [3.8, 4) is 0 Å². The first-order valence-electron chi connectivity index (χ1n) is 8.92. The van der Waals surface area contributed by atoms with E-state index in [1.807, 2.05) is 0 Å². The molecule has 8 heteroatoms. The number of halogens is 3. The van der Waals surface area contributed by atoms with Gasteiger partial charge in [-0.05, 0) is 42.0 Å². The summed E-state index contributed by atoms with van der Waals surface area (Å²) in [6, 6.07) is 14.7. The van der Waals surface area contributed by atoms with Gasteiger partial charge in [0.1, 0.15) is 5.70 Å². The van der Waals surface area contributed by atoms with Gasteiger partial charge >= 0.3 is 0 Å². The van der Waals surface area contributed by atoms with Crippen LogP contribution in [0, 0.1) is 11.6 Å². The quantitative estimate of drug-likeness (QED) is 0.615. The summed E-state index contributed by atoms with van der Waals surface area (Å²) in [5, 5.41) is 3.24. The van der Waals surface area contributed by atoms with Crippen LogP contribution in [0.2, 0.25) is 5.02 Å². The van der Waals surface area contributed by atoms with Gasteiger partial charge in [0.05, 0.1) is 17.8 Å². The van der Waals surface area contributed by atoms with E-state index in [1.54, 1.807) is 48.7 Å². The van der Waals surface area contributed by atoms with E-state index in [0.717, 1.165) is 17.0 Å². The highest BCUT2D eigenvalue weighted by molar-refractivity contribution is 6.36. The van der Waals surface area contributed by atoms with Crippen LogP contribution in [0.5, 0.6) is 0 Å². The number of benzene rings is 2.